The summed E-state index contributed by atoms with van der Waals surface area (Å²) in [4.78, 5) is 8.61. The van der Waals surface area contributed by atoms with E-state index >= 15 is 0 Å². The molecule has 0 saturated carbocycles. The molecule has 0 atom stereocenters. The third-order valence-electron chi connectivity index (χ3n) is 2.03. The average Bonchev–Trinajstić information content (AvgIpc) is 2.73. The lowest BCUT2D eigenvalue weighted by Crippen LogP contribution is -2.13. The van der Waals surface area contributed by atoms with Crippen molar-refractivity contribution in [2.45, 2.75) is 23.2 Å². The van der Waals surface area contributed by atoms with Crippen LogP contribution in [0.1, 0.15) is 17.1 Å². The standard InChI is InChI=1S/C10H11N5OS2/c1-5-3-7(9(11)14-16)4-8(12-5)17-10-13-6(2)15-18-10/h3-4,16H,1-2H3,(H2,11,14). The summed E-state index contributed by atoms with van der Waals surface area (Å²) in [6.45, 7) is 3.69. The number of hydrogen-bond donors (Lipinski definition) is 2. The number of aromatic nitrogens is 3. The van der Waals surface area contributed by atoms with Gasteiger partial charge in [0, 0.05) is 11.3 Å². The van der Waals surface area contributed by atoms with E-state index in [1.165, 1.54) is 23.3 Å². The fourth-order valence-corrected chi connectivity index (χ4v) is 2.98. The van der Waals surface area contributed by atoms with E-state index in [4.69, 9.17) is 10.9 Å². The summed E-state index contributed by atoms with van der Waals surface area (Å²) in [5, 5.41) is 12.4. The Labute approximate surface area is 112 Å². The van der Waals surface area contributed by atoms with Crippen LogP contribution in [-0.2, 0) is 0 Å². The van der Waals surface area contributed by atoms with Gasteiger partial charge in [-0.15, -0.1) is 0 Å². The Morgan fingerprint density at radius 2 is 2.17 bits per heavy atom. The van der Waals surface area contributed by atoms with Gasteiger partial charge >= 0.3 is 0 Å². The lowest BCUT2D eigenvalue weighted by atomic mass is 10.2. The number of pyridine rings is 1. The van der Waals surface area contributed by atoms with Crippen LogP contribution in [0.25, 0.3) is 0 Å². The molecule has 0 unspecified atom stereocenters. The lowest BCUT2D eigenvalue weighted by molar-refractivity contribution is 0.318. The molecule has 3 N–H and O–H groups in total. The topological polar surface area (TPSA) is 97.3 Å². The summed E-state index contributed by atoms with van der Waals surface area (Å²) in [7, 11) is 0. The van der Waals surface area contributed by atoms with Gasteiger partial charge in [-0.2, -0.15) is 4.37 Å². The first-order valence-corrected chi connectivity index (χ1v) is 6.62. The van der Waals surface area contributed by atoms with E-state index in [9.17, 15) is 0 Å². The van der Waals surface area contributed by atoms with E-state index in [0.29, 0.717) is 5.56 Å². The molecule has 0 aliphatic carbocycles. The van der Waals surface area contributed by atoms with Gasteiger partial charge < -0.3 is 10.9 Å². The van der Waals surface area contributed by atoms with Crippen molar-refractivity contribution in [2.24, 2.45) is 10.9 Å². The molecule has 0 spiro atoms. The summed E-state index contributed by atoms with van der Waals surface area (Å²) in [5.41, 5.74) is 6.99. The maximum Gasteiger partial charge on any atom is 0.176 e. The summed E-state index contributed by atoms with van der Waals surface area (Å²) >= 11 is 2.73. The highest BCUT2D eigenvalue weighted by Gasteiger charge is 2.08. The Hall–Kier alpha value is -1.67. The third kappa shape index (κ3) is 2.96. The van der Waals surface area contributed by atoms with E-state index in [0.717, 1.165) is 20.9 Å². The molecule has 2 heterocycles. The molecule has 0 bridgehead atoms. The van der Waals surface area contributed by atoms with Crippen molar-refractivity contribution >= 4 is 29.1 Å². The first-order chi connectivity index (χ1) is 8.58. The molecule has 2 rings (SSSR count). The molecule has 18 heavy (non-hydrogen) atoms. The van der Waals surface area contributed by atoms with E-state index < -0.39 is 0 Å². The molecule has 94 valence electrons. The first-order valence-electron chi connectivity index (χ1n) is 5.03. The number of rotatable bonds is 3. The zero-order valence-electron chi connectivity index (χ0n) is 9.78. The number of amidine groups is 1. The highest BCUT2D eigenvalue weighted by Crippen LogP contribution is 2.28. The molecule has 6 nitrogen and oxygen atoms in total. The largest absolute Gasteiger partial charge is 0.409 e. The molecule has 0 aliphatic rings. The predicted octanol–water partition coefficient (Wildman–Crippen LogP) is 1.80. The van der Waals surface area contributed by atoms with Crippen LogP contribution in [0.3, 0.4) is 0 Å². The zero-order chi connectivity index (χ0) is 13.1. The minimum atomic E-state index is 0.0656. The Kier molecular flexibility index (Phi) is 3.78. The Bertz CT molecular complexity index is 596. The molecule has 0 fully saturated rings. The maximum absolute atomic E-state index is 8.68. The van der Waals surface area contributed by atoms with E-state index in [-0.39, 0.29) is 5.84 Å². The highest BCUT2D eigenvalue weighted by molar-refractivity contribution is 8.00. The van der Waals surface area contributed by atoms with Crippen LogP contribution in [0.2, 0.25) is 0 Å². The van der Waals surface area contributed by atoms with Gasteiger partial charge in [0.1, 0.15) is 10.9 Å². The van der Waals surface area contributed by atoms with Crippen molar-refractivity contribution in [3.63, 3.8) is 0 Å². The minimum Gasteiger partial charge on any atom is -0.409 e. The summed E-state index contributed by atoms with van der Waals surface area (Å²) in [6, 6.07) is 3.51. The van der Waals surface area contributed by atoms with Gasteiger partial charge in [0.25, 0.3) is 0 Å². The second-order valence-electron chi connectivity index (χ2n) is 3.53. The smallest absolute Gasteiger partial charge is 0.176 e. The summed E-state index contributed by atoms with van der Waals surface area (Å²) in [6.07, 6.45) is 0. The fraction of sp³-hybridized carbons (Fsp3) is 0.200. The van der Waals surface area contributed by atoms with Gasteiger partial charge in [-0.25, -0.2) is 9.97 Å². The van der Waals surface area contributed by atoms with Crippen molar-refractivity contribution in [1.29, 1.82) is 0 Å². The van der Waals surface area contributed by atoms with Crippen LogP contribution in [0.15, 0.2) is 26.7 Å². The Morgan fingerprint density at radius 3 is 2.78 bits per heavy atom. The number of oxime groups is 1. The summed E-state index contributed by atoms with van der Waals surface area (Å²) in [5.74, 6) is 0.808. The number of nitrogens with zero attached hydrogens (tertiary/aromatic N) is 4. The van der Waals surface area contributed by atoms with E-state index in [1.807, 2.05) is 13.8 Å². The van der Waals surface area contributed by atoms with Crippen LogP contribution >= 0.6 is 23.3 Å². The lowest BCUT2D eigenvalue weighted by Gasteiger charge is -2.03. The maximum atomic E-state index is 8.68. The van der Waals surface area contributed by atoms with E-state index in [2.05, 4.69) is 19.5 Å². The third-order valence-corrected chi connectivity index (χ3v) is 3.80. The Balaban J connectivity index is 2.31. The van der Waals surface area contributed by atoms with Gasteiger partial charge in [-0.3, -0.25) is 0 Å². The number of aryl methyl sites for hydroxylation is 2. The van der Waals surface area contributed by atoms with Crippen molar-refractivity contribution < 1.29 is 5.21 Å². The van der Waals surface area contributed by atoms with E-state index in [1.54, 1.807) is 12.1 Å². The average molecular weight is 281 g/mol. The van der Waals surface area contributed by atoms with Crippen LogP contribution in [-0.4, -0.2) is 25.4 Å². The van der Waals surface area contributed by atoms with Gasteiger partial charge in [0.05, 0.1) is 0 Å². The van der Waals surface area contributed by atoms with Crippen LogP contribution in [0.5, 0.6) is 0 Å². The molecule has 8 heteroatoms. The molecule has 0 saturated heterocycles. The fourth-order valence-electron chi connectivity index (χ4n) is 1.30. The molecule has 0 amide bonds. The summed E-state index contributed by atoms with van der Waals surface area (Å²) < 4.78 is 4.92. The zero-order valence-corrected chi connectivity index (χ0v) is 11.4. The van der Waals surface area contributed by atoms with Crippen molar-refractivity contribution in [3.05, 3.63) is 29.2 Å². The molecular weight excluding hydrogens is 270 g/mol. The molecule has 2 aromatic heterocycles. The van der Waals surface area contributed by atoms with Crippen molar-refractivity contribution in [3.8, 4) is 0 Å². The van der Waals surface area contributed by atoms with Gasteiger partial charge in [0.2, 0.25) is 0 Å². The minimum absolute atomic E-state index is 0.0656. The molecule has 0 aromatic carbocycles. The van der Waals surface area contributed by atoms with Gasteiger partial charge in [-0.05, 0) is 49.3 Å². The first kappa shape index (κ1) is 12.8. The SMILES string of the molecule is Cc1cc(/C(N)=N/O)cc(Sc2nc(C)ns2)n1. The van der Waals surface area contributed by atoms with Crippen molar-refractivity contribution in [2.75, 3.05) is 0 Å². The molecule has 2 aromatic rings. The predicted molar refractivity (Wildman–Crippen MR) is 70.3 cm³/mol. The van der Waals surface area contributed by atoms with Gasteiger partial charge in [0.15, 0.2) is 10.2 Å². The second-order valence-corrected chi connectivity index (χ2v) is 5.55. The highest BCUT2D eigenvalue weighted by atomic mass is 32.2. The quantitative estimate of drug-likeness (QED) is 0.385. The van der Waals surface area contributed by atoms with Crippen molar-refractivity contribution in [1.82, 2.24) is 14.3 Å². The molecule has 0 aliphatic heterocycles. The monoisotopic (exact) mass is 281 g/mol. The molecular formula is C10H11N5OS2. The number of hydrogen-bond acceptors (Lipinski definition) is 7. The van der Waals surface area contributed by atoms with Crippen LogP contribution < -0.4 is 5.73 Å². The van der Waals surface area contributed by atoms with Gasteiger partial charge in [-0.1, -0.05) is 5.16 Å². The van der Waals surface area contributed by atoms with Crippen LogP contribution in [0, 0.1) is 13.8 Å². The second kappa shape index (κ2) is 5.32. The normalized spacial score (nSPS) is 11.8. The Morgan fingerprint density at radius 1 is 1.39 bits per heavy atom. The number of nitrogens with two attached hydrogens (primary N) is 1. The van der Waals surface area contributed by atoms with Crippen LogP contribution in [0.4, 0.5) is 0 Å². The molecule has 0 radical (unpaired) electrons.